The average molecular weight is 268 g/mol. The van der Waals surface area contributed by atoms with E-state index in [2.05, 4.69) is 27.0 Å². The highest BCUT2D eigenvalue weighted by Gasteiger charge is 2.24. The molecule has 2 aromatic rings. The highest BCUT2D eigenvalue weighted by atomic mass is 32.1. The maximum absolute atomic E-state index is 5.63. The van der Waals surface area contributed by atoms with Crippen molar-refractivity contribution in [1.29, 1.82) is 0 Å². The Morgan fingerprint density at radius 2 is 2.44 bits per heavy atom. The summed E-state index contributed by atoms with van der Waals surface area (Å²) >= 11 is 1.29. The maximum atomic E-state index is 5.63. The van der Waals surface area contributed by atoms with Gasteiger partial charge in [-0.3, -0.25) is 10.5 Å². The standard InChI is InChI=1S/C10H16N6OS/c1-3-4-16-10(8(17-2)5-12-16)9(13-11)7-6-18-15-14-7/h5-6,9,13H,3-4,11H2,1-2H3. The molecule has 0 aliphatic heterocycles. The number of rotatable bonds is 6. The van der Waals surface area contributed by atoms with Crippen molar-refractivity contribution in [1.82, 2.24) is 24.8 Å². The van der Waals surface area contributed by atoms with Gasteiger partial charge < -0.3 is 4.74 Å². The Hall–Kier alpha value is -1.51. The summed E-state index contributed by atoms with van der Waals surface area (Å²) in [6, 6.07) is -0.271. The number of nitrogens with zero attached hydrogens (tertiary/aromatic N) is 4. The predicted molar refractivity (Wildman–Crippen MR) is 68.1 cm³/mol. The molecule has 18 heavy (non-hydrogen) atoms. The highest BCUT2D eigenvalue weighted by Crippen LogP contribution is 2.29. The first-order chi connectivity index (χ1) is 8.81. The molecule has 8 heteroatoms. The molecule has 2 heterocycles. The molecule has 3 N–H and O–H groups in total. The van der Waals surface area contributed by atoms with Crippen molar-refractivity contribution >= 4 is 11.5 Å². The average Bonchev–Trinajstić information content (AvgIpc) is 3.02. The quantitative estimate of drug-likeness (QED) is 0.592. The van der Waals surface area contributed by atoms with E-state index in [4.69, 9.17) is 10.6 Å². The first-order valence-electron chi connectivity index (χ1n) is 5.64. The van der Waals surface area contributed by atoms with Gasteiger partial charge in [0.25, 0.3) is 0 Å². The van der Waals surface area contributed by atoms with Crippen LogP contribution in [0.15, 0.2) is 11.6 Å². The lowest BCUT2D eigenvalue weighted by atomic mass is 10.1. The lowest BCUT2D eigenvalue weighted by molar-refractivity contribution is 0.397. The smallest absolute Gasteiger partial charge is 0.162 e. The third-order valence-electron chi connectivity index (χ3n) is 2.61. The van der Waals surface area contributed by atoms with Crippen LogP contribution in [0, 0.1) is 0 Å². The minimum atomic E-state index is -0.271. The Bertz CT molecular complexity index is 483. The van der Waals surface area contributed by atoms with E-state index in [-0.39, 0.29) is 6.04 Å². The number of aryl methyl sites for hydroxylation is 1. The van der Waals surface area contributed by atoms with E-state index < -0.39 is 0 Å². The van der Waals surface area contributed by atoms with Crippen molar-refractivity contribution in [2.75, 3.05) is 7.11 Å². The number of nitrogens with two attached hydrogens (primary N) is 1. The Morgan fingerprint density at radius 1 is 1.61 bits per heavy atom. The lowest BCUT2D eigenvalue weighted by Gasteiger charge is -2.16. The van der Waals surface area contributed by atoms with Gasteiger partial charge in [0.05, 0.1) is 19.0 Å². The van der Waals surface area contributed by atoms with E-state index in [9.17, 15) is 0 Å². The topological polar surface area (TPSA) is 90.9 Å². The molecule has 2 rings (SSSR count). The van der Waals surface area contributed by atoms with E-state index in [1.807, 2.05) is 10.1 Å². The first kappa shape index (κ1) is 12.9. The van der Waals surface area contributed by atoms with Crippen LogP contribution in [-0.4, -0.2) is 26.5 Å². The fraction of sp³-hybridized carbons (Fsp3) is 0.500. The van der Waals surface area contributed by atoms with Gasteiger partial charge in [-0.1, -0.05) is 11.4 Å². The zero-order valence-corrected chi connectivity index (χ0v) is 11.1. The number of hydrazine groups is 1. The van der Waals surface area contributed by atoms with E-state index in [0.29, 0.717) is 5.75 Å². The van der Waals surface area contributed by atoms with Crippen LogP contribution in [0.5, 0.6) is 5.75 Å². The molecule has 0 aromatic carbocycles. The van der Waals surface area contributed by atoms with Gasteiger partial charge in [0.1, 0.15) is 11.7 Å². The largest absolute Gasteiger partial charge is 0.493 e. The molecule has 0 saturated carbocycles. The van der Waals surface area contributed by atoms with Gasteiger partial charge in [-0.2, -0.15) is 5.10 Å². The molecule has 0 spiro atoms. The number of aromatic nitrogens is 4. The van der Waals surface area contributed by atoms with Gasteiger partial charge in [0.15, 0.2) is 5.75 Å². The molecule has 0 radical (unpaired) electrons. The molecular weight excluding hydrogens is 252 g/mol. The molecular formula is C10H16N6OS. The fourth-order valence-electron chi connectivity index (χ4n) is 1.82. The van der Waals surface area contributed by atoms with Crippen molar-refractivity contribution < 1.29 is 4.74 Å². The van der Waals surface area contributed by atoms with Crippen LogP contribution in [-0.2, 0) is 6.54 Å². The summed E-state index contributed by atoms with van der Waals surface area (Å²) in [5.74, 6) is 6.33. The van der Waals surface area contributed by atoms with Gasteiger partial charge in [-0.05, 0) is 18.0 Å². The number of ether oxygens (including phenoxy) is 1. The van der Waals surface area contributed by atoms with Crippen molar-refractivity contribution in [3.05, 3.63) is 23.0 Å². The van der Waals surface area contributed by atoms with Crippen molar-refractivity contribution in [2.24, 2.45) is 5.84 Å². The molecule has 2 aromatic heterocycles. The second-order valence-electron chi connectivity index (χ2n) is 3.75. The minimum Gasteiger partial charge on any atom is -0.493 e. The maximum Gasteiger partial charge on any atom is 0.162 e. The third-order valence-corrected chi connectivity index (χ3v) is 3.14. The number of hydrogen-bond acceptors (Lipinski definition) is 7. The van der Waals surface area contributed by atoms with Gasteiger partial charge in [-0.15, -0.1) is 5.10 Å². The molecule has 1 atom stereocenters. The van der Waals surface area contributed by atoms with Crippen LogP contribution in [0.4, 0.5) is 0 Å². The number of hydrogen-bond donors (Lipinski definition) is 2. The summed E-state index contributed by atoms with van der Waals surface area (Å²) < 4.78 is 11.1. The van der Waals surface area contributed by atoms with Crippen molar-refractivity contribution in [3.63, 3.8) is 0 Å². The molecule has 1 unspecified atom stereocenters. The van der Waals surface area contributed by atoms with Crippen LogP contribution < -0.4 is 16.0 Å². The summed E-state index contributed by atoms with van der Waals surface area (Å²) in [5.41, 5.74) is 4.38. The molecule has 0 bridgehead atoms. The Kier molecular flexibility index (Phi) is 4.24. The molecule has 7 nitrogen and oxygen atoms in total. The van der Waals surface area contributed by atoms with Crippen molar-refractivity contribution in [2.45, 2.75) is 25.9 Å². The molecule has 0 aliphatic carbocycles. The second-order valence-corrected chi connectivity index (χ2v) is 4.36. The summed E-state index contributed by atoms with van der Waals surface area (Å²) in [7, 11) is 1.61. The summed E-state index contributed by atoms with van der Waals surface area (Å²) in [4.78, 5) is 0. The normalized spacial score (nSPS) is 12.6. The summed E-state index contributed by atoms with van der Waals surface area (Å²) in [5, 5.41) is 10.2. The molecule has 0 saturated heterocycles. The summed E-state index contributed by atoms with van der Waals surface area (Å²) in [6.45, 7) is 2.89. The van der Waals surface area contributed by atoms with Crippen LogP contribution in [0.3, 0.4) is 0 Å². The lowest BCUT2D eigenvalue weighted by Crippen LogP contribution is -2.31. The minimum absolute atomic E-state index is 0.271. The van der Waals surface area contributed by atoms with E-state index in [1.165, 1.54) is 11.5 Å². The van der Waals surface area contributed by atoms with Crippen molar-refractivity contribution in [3.8, 4) is 5.75 Å². The molecule has 0 aliphatic rings. The number of methoxy groups -OCH3 is 1. The zero-order valence-electron chi connectivity index (χ0n) is 10.3. The Labute approximate surface area is 109 Å². The number of nitrogens with one attached hydrogen (secondary N) is 1. The van der Waals surface area contributed by atoms with Gasteiger partial charge in [0.2, 0.25) is 0 Å². The predicted octanol–water partition coefficient (Wildman–Crippen LogP) is 0.706. The van der Waals surface area contributed by atoms with Gasteiger partial charge in [0, 0.05) is 11.9 Å². The molecule has 98 valence electrons. The van der Waals surface area contributed by atoms with Crippen LogP contribution in [0.1, 0.15) is 30.8 Å². The van der Waals surface area contributed by atoms with E-state index in [1.54, 1.807) is 13.3 Å². The van der Waals surface area contributed by atoms with Crippen LogP contribution >= 0.6 is 11.5 Å². The fourth-order valence-corrected chi connectivity index (χ4v) is 2.30. The van der Waals surface area contributed by atoms with Crippen LogP contribution in [0.2, 0.25) is 0 Å². The Balaban J connectivity index is 2.42. The van der Waals surface area contributed by atoms with E-state index >= 15 is 0 Å². The first-order valence-corrected chi connectivity index (χ1v) is 6.48. The Morgan fingerprint density at radius 3 is 3.00 bits per heavy atom. The summed E-state index contributed by atoms with van der Waals surface area (Å²) in [6.07, 6.45) is 2.67. The van der Waals surface area contributed by atoms with Crippen LogP contribution in [0.25, 0.3) is 0 Å². The highest BCUT2D eigenvalue weighted by molar-refractivity contribution is 7.03. The monoisotopic (exact) mass is 268 g/mol. The zero-order chi connectivity index (χ0) is 13.0. The molecule has 0 amide bonds. The van der Waals surface area contributed by atoms with Gasteiger partial charge in [-0.25, -0.2) is 5.43 Å². The molecule has 0 fully saturated rings. The second kappa shape index (κ2) is 5.89. The van der Waals surface area contributed by atoms with E-state index in [0.717, 1.165) is 24.4 Å². The third kappa shape index (κ3) is 2.35. The SMILES string of the molecule is CCCn1ncc(OC)c1C(NN)c1csnn1. The van der Waals surface area contributed by atoms with Gasteiger partial charge >= 0.3 is 0 Å².